The molecule has 0 spiro atoms. The zero-order valence-electron chi connectivity index (χ0n) is 14.6. The van der Waals surface area contributed by atoms with E-state index < -0.39 is 11.7 Å². The molecule has 0 unspecified atom stereocenters. The fourth-order valence-corrected chi connectivity index (χ4v) is 3.35. The second kappa shape index (κ2) is 7.12. The van der Waals surface area contributed by atoms with Crippen LogP contribution in [0.15, 0.2) is 60.7 Å². The molecule has 138 valence electrons. The van der Waals surface area contributed by atoms with Gasteiger partial charge in [-0.1, -0.05) is 42.5 Å². The first kappa shape index (κ1) is 17.7. The molecule has 0 amide bonds. The standard InChI is InChI=1S/C21H18F3N3/c22-21(23,24)18-8-4-7-16(11-18)19-12-17-9-10-27(14-20(17)26-25-19)13-15-5-2-1-3-6-15/h1-8,11-12H,9-10,13-14H2. The van der Waals surface area contributed by atoms with Gasteiger partial charge >= 0.3 is 6.18 Å². The minimum Gasteiger partial charge on any atom is -0.293 e. The van der Waals surface area contributed by atoms with Gasteiger partial charge in [0.25, 0.3) is 0 Å². The van der Waals surface area contributed by atoms with Crippen LogP contribution in [-0.2, 0) is 25.7 Å². The SMILES string of the molecule is FC(F)(F)c1cccc(-c2cc3c(nn2)CN(Cc2ccccc2)CC3)c1. The van der Waals surface area contributed by atoms with Crippen molar-refractivity contribution in [2.45, 2.75) is 25.7 Å². The second-order valence-electron chi connectivity index (χ2n) is 6.73. The third kappa shape index (κ3) is 4.01. The van der Waals surface area contributed by atoms with E-state index in [-0.39, 0.29) is 0 Å². The van der Waals surface area contributed by atoms with Crippen LogP contribution in [0.2, 0.25) is 0 Å². The number of aromatic nitrogens is 2. The van der Waals surface area contributed by atoms with E-state index in [1.165, 1.54) is 11.6 Å². The number of nitrogens with zero attached hydrogens (tertiary/aromatic N) is 3. The lowest BCUT2D eigenvalue weighted by atomic mass is 10.0. The lowest BCUT2D eigenvalue weighted by Gasteiger charge is -2.27. The maximum absolute atomic E-state index is 12.9. The Morgan fingerprint density at radius 2 is 1.74 bits per heavy atom. The van der Waals surface area contributed by atoms with E-state index >= 15 is 0 Å². The number of benzene rings is 2. The van der Waals surface area contributed by atoms with Crippen LogP contribution in [0.4, 0.5) is 13.2 Å². The molecule has 0 saturated heterocycles. The van der Waals surface area contributed by atoms with E-state index in [1.807, 2.05) is 24.3 Å². The Bertz CT molecular complexity index is 939. The van der Waals surface area contributed by atoms with Crippen LogP contribution < -0.4 is 0 Å². The van der Waals surface area contributed by atoms with Crippen molar-refractivity contribution in [3.8, 4) is 11.3 Å². The summed E-state index contributed by atoms with van der Waals surface area (Å²) in [6, 6.07) is 17.3. The molecule has 3 nitrogen and oxygen atoms in total. The van der Waals surface area contributed by atoms with Gasteiger partial charge in [0.1, 0.15) is 0 Å². The van der Waals surface area contributed by atoms with Gasteiger partial charge in [-0.15, -0.1) is 0 Å². The average Bonchev–Trinajstić information content (AvgIpc) is 2.68. The largest absolute Gasteiger partial charge is 0.416 e. The first-order chi connectivity index (χ1) is 13.0. The van der Waals surface area contributed by atoms with Crippen LogP contribution in [-0.4, -0.2) is 21.6 Å². The van der Waals surface area contributed by atoms with Crippen LogP contribution in [0.5, 0.6) is 0 Å². The molecule has 0 N–H and O–H groups in total. The monoisotopic (exact) mass is 369 g/mol. The Hall–Kier alpha value is -2.73. The molecule has 4 rings (SSSR count). The van der Waals surface area contributed by atoms with E-state index in [2.05, 4.69) is 27.2 Å². The van der Waals surface area contributed by atoms with E-state index in [4.69, 9.17) is 0 Å². The fraction of sp³-hybridized carbons (Fsp3) is 0.238. The zero-order chi connectivity index (χ0) is 18.9. The number of alkyl halides is 3. The molecule has 0 atom stereocenters. The summed E-state index contributed by atoms with van der Waals surface area (Å²) in [4.78, 5) is 2.30. The smallest absolute Gasteiger partial charge is 0.293 e. The van der Waals surface area contributed by atoms with Gasteiger partial charge in [0.15, 0.2) is 0 Å². The lowest BCUT2D eigenvalue weighted by molar-refractivity contribution is -0.137. The van der Waals surface area contributed by atoms with Crippen LogP contribution in [0.3, 0.4) is 0 Å². The quantitative estimate of drug-likeness (QED) is 0.669. The van der Waals surface area contributed by atoms with Crippen LogP contribution in [0.1, 0.15) is 22.4 Å². The average molecular weight is 369 g/mol. The molecule has 0 aliphatic carbocycles. The summed E-state index contributed by atoms with van der Waals surface area (Å²) in [5.41, 5.74) is 3.45. The van der Waals surface area contributed by atoms with Crippen molar-refractivity contribution < 1.29 is 13.2 Å². The van der Waals surface area contributed by atoms with Gasteiger partial charge in [0.2, 0.25) is 0 Å². The highest BCUT2D eigenvalue weighted by Crippen LogP contribution is 2.32. The highest BCUT2D eigenvalue weighted by Gasteiger charge is 2.30. The summed E-state index contributed by atoms with van der Waals surface area (Å²) in [6.07, 6.45) is -3.56. The molecule has 0 radical (unpaired) electrons. The number of halogens is 3. The maximum Gasteiger partial charge on any atom is 0.416 e. The molecule has 3 aromatic rings. The third-order valence-corrected chi connectivity index (χ3v) is 4.77. The molecular weight excluding hydrogens is 351 g/mol. The van der Waals surface area contributed by atoms with Gasteiger partial charge in [0, 0.05) is 25.2 Å². The summed E-state index contributed by atoms with van der Waals surface area (Å²) in [7, 11) is 0. The molecule has 1 aliphatic heterocycles. The van der Waals surface area contributed by atoms with Gasteiger partial charge in [-0.3, -0.25) is 4.90 Å². The molecule has 1 aromatic heterocycles. The predicted molar refractivity (Wildman–Crippen MR) is 96.7 cm³/mol. The molecule has 0 bridgehead atoms. The predicted octanol–water partition coefficient (Wildman–Crippen LogP) is 4.72. The Kier molecular flexibility index (Phi) is 4.66. The summed E-state index contributed by atoms with van der Waals surface area (Å²) in [6.45, 7) is 2.42. The normalized spacial score (nSPS) is 14.8. The number of hydrogen-bond donors (Lipinski definition) is 0. The van der Waals surface area contributed by atoms with Crippen molar-refractivity contribution >= 4 is 0 Å². The fourth-order valence-electron chi connectivity index (χ4n) is 3.35. The van der Waals surface area contributed by atoms with Gasteiger partial charge < -0.3 is 0 Å². The minimum absolute atomic E-state index is 0.437. The van der Waals surface area contributed by atoms with E-state index in [0.717, 1.165) is 42.9 Å². The van der Waals surface area contributed by atoms with Crippen molar-refractivity contribution in [1.82, 2.24) is 15.1 Å². The molecule has 2 aromatic carbocycles. The van der Waals surface area contributed by atoms with Gasteiger partial charge in [-0.2, -0.15) is 23.4 Å². The molecule has 6 heteroatoms. The summed E-state index contributed by atoms with van der Waals surface area (Å²) in [5.74, 6) is 0. The first-order valence-corrected chi connectivity index (χ1v) is 8.78. The van der Waals surface area contributed by atoms with Crippen LogP contribution >= 0.6 is 0 Å². The zero-order valence-corrected chi connectivity index (χ0v) is 14.6. The number of hydrogen-bond acceptors (Lipinski definition) is 3. The van der Waals surface area contributed by atoms with Gasteiger partial charge in [-0.05, 0) is 35.7 Å². The highest BCUT2D eigenvalue weighted by atomic mass is 19.4. The first-order valence-electron chi connectivity index (χ1n) is 8.78. The van der Waals surface area contributed by atoms with Crippen molar-refractivity contribution in [3.63, 3.8) is 0 Å². The molecule has 2 heterocycles. The van der Waals surface area contributed by atoms with Crippen molar-refractivity contribution in [1.29, 1.82) is 0 Å². The molecule has 0 fully saturated rings. The van der Waals surface area contributed by atoms with E-state index in [0.29, 0.717) is 17.8 Å². The molecule has 1 aliphatic rings. The topological polar surface area (TPSA) is 29.0 Å². The highest BCUT2D eigenvalue weighted by molar-refractivity contribution is 5.61. The Labute approximate surface area is 155 Å². The minimum atomic E-state index is -4.37. The lowest BCUT2D eigenvalue weighted by Crippen LogP contribution is -2.31. The van der Waals surface area contributed by atoms with Crippen LogP contribution in [0, 0.1) is 0 Å². The molecular formula is C21H18F3N3. The van der Waals surface area contributed by atoms with E-state index in [9.17, 15) is 13.2 Å². The summed E-state index contributed by atoms with van der Waals surface area (Å²) >= 11 is 0. The summed E-state index contributed by atoms with van der Waals surface area (Å²) in [5, 5.41) is 8.49. The second-order valence-corrected chi connectivity index (χ2v) is 6.73. The summed E-state index contributed by atoms with van der Waals surface area (Å²) < 4.78 is 38.8. The Morgan fingerprint density at radius 3 is 2.52 bits per heavy atom. The van der Waals surface area contributed by atoms with Crippen molar-refractivity contribution in [2.24, 2.45) is 0 Å². The number of fused-ring (bicyclic) bond motifs is 1. The number of rotatable bonds is 3. The molecule has 0 saturated carbocycles. The Balaban J connectivity index is 1.54. The molecule has 27 heavy (non-hydrogen) atoms. The van der Waals surface area contributed by atoms with E-state index in [1.54, 1.807) is 6.07 Å². The maximum atomic E-state index is 12.9. The van der Waals surface area contributed by atoms with Gasteiger partial charge in [-0.25, -0.2) is 0 Å². The van der Waals surface area contributed by atoms with Crippen molar-refractivity contribution in [3.05, 3.63) is 83.0 Å². The van der Waals surface area contributed by atoms with Gasteiger partial charge in [0.05, 0.1) is 17.0 Å². The Morgan fingerprint density at radius 1 is 0.926 bits per heavy atom. The van der Waals surface area contributed by atoms with Crippen molar-refractivity contribution in [2.75, 3.05) is 6.54 Å². The van der Waals surface area contributed by atoms with Crippen LogP contribution in [0.25, 0.3) is 11.3 Å². The third-order valence-electron chi connectivity index (χ3n) is 4.77.